The van der Waals surface area contributed by atoms with Crippen molar-refractivity contribution in [3.05, 3.63) is 152 Å². The molecule has 0 spiro atoms. The summed E-state index contributed by atoms with van der Waals surface area (Å²) in [7, 11) is -4.40. The van der Waals surface area contributed by atoms with Gasteiger partial charge < -0.3 is 0 Å². The van der Waals surface area contributed by atoms with Gasteiger partial charge in [-0.15, -0.1) is 0 Å². The average molecular weight is 744 g/mol. The summed E-state index contributed by atoms with van der Waals surface area (Å²) in [6, 6.07) is 22.0. The van der Waals surface area contributed by atoms with Crippen LogP contribution in [-0.2, 0) is 22.2 Å². The Kier molecular flexibility index (Phi) is 10.1. The molecule has 0 aromatic heterocycles. The molecule has 2 atom stereocenters. The van der Waals surface area contributed by atoms with Crippen molar-refractivity contribution in [2.45, 2.75) is 22.9 Å². The Morgan fingerprint density at radius 2 is 0.860 bits per heavy atom. The molecule has 11 heteroatoms. The summed E-state index contributed by atoms with van der Waals surface area (Å²) in [6.45, 7) is 0. The quantitative estimate of drug-likeness (QED) is 0.168. The lowest BCUT2D eigenvalue weighted by Gasteiger charge is -2.22. The second-order valence-electron chi connectivity index (χ2n) is 9.42. The molecule has 0 aliphatic rings. The summed E-state index contributed by atoms with van der Waals surface area (Å²) in [5.74, 6) is 0. The topological polar surface area (TPSA) is 34.1 Å². The van der Waals surface area contributed by atoms with Gasteiger partial charge in [0.2, 0.25) is 0 Å². The first kappa shape index (κ1) is 32.8. The number of benzene rings is 4. The Bertz CT molecular complexity index is 1600. The minimum atomic E-state index is -4.68. The third kappa shape index (κ3) is 8.07. The van der Waals surface area contributed by atoms with E-state index >= 15 is 0 Å². The van der Waals surface area contributed by atoms with Gasteiger partial charge in [0, 0.05) is 8.95 Å². The SMILES string of the molecule is O=S(=O)(C(/C=C/c1ccccc1C(F)(F)F)c1ccc(Br)cc1)C(/C=C/c1ccccc1C(F)(F)F)c1ccc(Br)cc1. The first-order valence-corrected chi connectivity index (χ1v) is 15.8. The lowest BCUT2D eigenvalue weighted by molar-refractivity contribution is -0.138. The van der Waals surface area contributed by atoms with E-state index in [0.29, 0.717) is 8.95 Å². The van der Waals surface area contributed by atoms with E-state index in [1.165, 1.54) is 72.8 Å². The molecular formula is C32H22Br2F6O2S. The minimum Gasteiger partial charge on any atom is -0.227 e. The van der Waals surface area contributed by atoms with Gasteiger partial charge in [-0.2, -0.15) is 26.3 Å². The Hall–Kier alpha value is -3.15. The van der Waals surface area contributed by atoms with Crippen molar-refractivity contribution in [2.24, 2.45) is 0 Å². The predicted molar refractivity (Wildman–Crippen MR) is 164 cm³/mol. The molecule has 43 heavy (non-hydrogen) atoms. The van der Waals surface area contributed by atoms with Crippen LogP contribution in [0.5, 0.6) is 0 Å². The monoisotopic (exact) mass is 742 g/mol. The third-order valence-corrected chi connectivity index (χ3v) is 9.87. The molecule has 4 aromatic rings. The van der Waals surface area contributed by atoms with Gasteiger partial charge in [-0.25, -0.2) is 8.42 Å². The lowest BCUT2D eigenvalue weighted by atomic mass is 10.0. The van der Waals surface area contributed by atoms with E-state index in [-0.39, 0.29) is 22.3 Å². The fourth-order valence-electron chi connectivity index (χ4n) is 4.47. The van der Waals surface area contributed by atoms with E-state index in [2.05, 4.69) is 31.9 Å². The van der Waals surface area contributed by atoms with Crippen LogP contribution in [0, 0.1) is 0 Å². The molecule has 2 nitrogen and oxygen atoms in total. The molecule has 2 unspecified atom stereocenters. The molecule has 0 radical (unpaired) electrons. The summed E-state index contributed by atoms with van der Waals surface area (Å²) >= 11 is 6.60. The van der Waals surface area contributed by atoms with Crippen LogP contribution in [0.2, 0.25) is 0 Å². The second-order valence-corrected chi connectivity index (χ2v) is 13.4. The van der Waals surface area contributed by atoms with Crippen LogP contribution >= 0.6 is 31.9 Å². The van der Waals surface area contributed by atoms with Crippen LogP contribution in [0.3, 0.4) is 0 Å². The van der Waals surface area contributed by atoms with E-state index in [0.717, 1.165) is 24.3 Å². The average Bonchev–Trinajstić information content (AvgIpc) is 2.94. The highest BCUT2D eigenvalue weighted by Gasteiger charge is 2.36. The molecule has 0 N–H and O–H groups in total. The van der Waals surface area contributed by atoms with E-state index in [4.69, 9.17) is 0 Å². The van der Waals surface area contributed by atoms with Gasteiger partial charge >= 0.3 is 12.4 Å². The first-order chi connectivity index (χ1) is 20.2. The second kappa shape index (κ2) is 13.2. The van der Waals surface area contributed by atoms with Gasteiger partial charge in [0.1, 0.15) is 10.5 Å². The lowest BCUT2D eigenvalue weighted by Crippen LogP contribution is -2.19. The van der Waals surface area contributed by atoms with E-state index < -0.39 is 43.8 Å². The Labute approximate surface area is 261 Å². The molecule has 0 aliphatic heterocycles. The maximum absolute atomic E-state index is 14.4. The molecule has 224 valence electrons. The smallest absolute Gasteiger partial charge is 0.227 e. The highest BCUT2D eigenvalue weighted by Crippen LogP contribution is 2.40. The molecule has 0 saturated carbocycles. The zero-order valence-electron chi connectivity index (χ0n) is 22.0. The highest BCUT2D eigenvalue weighted by molar-refractivity contribution is 9.10. The predicted octanol–water partition coefficient (Wildman–Crippen LogP) is 10.9. The number of halogens is 8. The zero-order valence-corrected chi connectivity index (χ0v) is 25.9. The van der Waals surface area contributed by atoms with Crippen LogP contribution in [0.4, 0.5) is 26.3 Å². The summed E-state index contributed by atoms with van der Waals surface area (Å²) in [5, 5.41) is -2.92. The summed E-state index contributed by atoms with van der Waals surface area (Å²) in [4.78, 5) is 0. The first-order valence-electron chi connectivity index (χ1n) is 12.6. The number of rotatable bonds is 8. The summed E-state index contributed by atoms with van der Waals surface area (Å²) in [6.07, 6.45) is -4.80. The molecule has 0 saturated heterocycles. The number of hydrogen-bond donors (Lipinski definition) is 0. The van der Waals surface area contributed by atoms with Gasteiger partial charge in [-0.05, 0) is 58.7 Å². The zero-order chi connectivity index (χ0) is 31.4. The van der Waals surface area contributed by atoms with E-state index in [9.17, 15) is 34.8 Å². The molecular weight excluding hydrogens is 722 g/mol. The fraction of sp³-hybridized carbons (Fsp3) is 0.125. The maximum atomic E-state index is 14.4. The van der Waals surface area contributed by atoms with Crippen LogP contribution in [0.1, 0.15) is 43.9 Å². The van der Waals surface area contributed by atoms with Crippen molar-refractivity contribution in [3.63, 3.8) is 0 Å². The number of alkyl halides is 6. The Balaban J connectivity index is 1.89. The number of sulfone groups is 1. The summed E-state index contributed by atoms with van der Waals surface area (Å²) in [5.41, 5.74) is -1.83. The van der Waals surface area contributed by atoms with Crippen molar-refractivity contribution >= 4 is 53.8 Å². The fourth-order valence-corrected chi connectivity index (χ4v) is 6.98. The Morgan fingerprint density at radius 1 is 0.535 bits per heavy atom. The standard InChI is InChI=1S/C32H22Br2F6O2S/c33-25-15-9-23(10-16-25)29(19-13-21-5-1-3-7-27(21)31(35,36)37)43(41,42)30(24-11-17-26(34)18-12-24)20-14-22-6-2-4-8-28(22)32(38,39)40/h1-20,29-30H/b19-13+,20-14+. The van der Waals surface area contributed by atoms with Gasteiger partial charge in [0.15, 0.2) is 9.84 Å². The van der Waals surface area contributed by atoms with E-state index in [1.54, 1.807) is 24.3 Å². The maximum Gasteiger partial charge on any atom is 0.416 e. The molecule has 0 aliphatic carbocycles. The van der Waals surface area contributed by atoms with Crippen LogP contribution in [0.25, 0.3) is 12.2 Å². The van der Waals surface area contributed by atoms with Gasteiger partial charge in [0.05, 0.1) is 11.1 Å². The van der Waals surface area contributed by atoms with Crippen LogP contribution in [0.15, 0.2) is 118 Å². The van der Waals surface area contributed by atoms with Gasteiger partial charge in [0.25, 0.3) is 0 Å². The number of hydrogen-bond acceptors (Lipinski definition) is 2. The molecule has 0 heterocycles. The largest absolute Gasteiger partial charge is 0.416 e. The molecule has 0 fully saturated rings. The summed E-state index contributed by atoms with van der Waals surface area (Å²) < 4.78 is 112. The van der Waals surface area contributed by atoms with Crippen molar-refractivity contribution in [1.82, 2.24) is 0 Å². The van der Waals surface area contributed by atoms with Crippen molar-refractivity contribution < 1.29 is 34.8 Å². The van der Waals surface area contributed by atoms with Crippen LogP contribution < -0.4 is 0 Å². The van der Waals surface area contributed by atoms with Crippen molar-refractivity contribution in [2.75, 3.05) is 0 Å². The van der Waals surface area contributed by atoms with Crippen LogP contribution in [-0.4, -0.2) is 8.42 Å². The normalized spacial score (nSPS) is 14.3. The Morgan fingerprint density at radius 3 is 1.19 bits per heavy atom. The third-order valence-electron chi connectivity index (χ3n) is 6.54. The minimum absolute atomic E-state index is 0.234. The molecule has 4 aromatic carbocycles. The van der Waals surface area contributed by atoms with Gasteiger partial charge in [-0.1, -0.05) is 117 Å². The molecule has 4 rings (SSSR count). The van der Waals surface area contributed by atoms with Crippen molar-refractivity contribution in [3.8, 4) is 0 Å². The van der Waals surface area contributed by atoms with Crippen molar-refractivity contribution in [1.29, 1.82) is 0 Å². The molecule has 0 bridgehead atoms. The molecule has 0 amide bonds. The highest BCUT2D eigenvalue weighted by atomic mass is 79.9. The van der Waals surface area contributed by atoms with Gasteiger partial charge in [-0.3, -0.25) is 0 Å². The van der Waals surface area contributed by atoms with E-state index in [1.807, 2.05) is 0 Å².